The van der Waals surface area contributed by atoms with Crippen molar-refractivity contribution in [3.63, 3.8) is 0 Å². The van der Waals surface area contributed by atoms with Crippen LogP contribution in [0, 0.1) is 5.82 Å². The smallest absolute Gasteiger partial charge is 0.258 e. The molecule has 1 fully saturated rings. The molecule has 5 heteroatoms. The molecule has 1 N–H and O–H groups in total. The fraction of sp³-hybridized carbons (Fsp3) is 0.462. The first-order chi connectivity index (χ1) is 8.43. The van der Waals surface area contributed by atoms with Gasteiger partial charge in [-0.1, -0.05) is 6.07 Å². The molecule has 0 aromatic heterocycles. The van der Waals surface area contributed by atoms with Crippen molar-refractivity contribution in [2.24, 2.45) is 0 Å². The van der Waals surface area contributed by atoms with Gasteiger partial charge in [0.05, 0.1) is 11.1 Å². The summed E-state index contributed by atoms with van der Waals surface area (Å²) in [6.07, 6.45) is 0. The van der Waals surface area contributed by atoms with E-state index >= 15 is 0 Å². The number of carbonyl (C=O) groups is 1. The Balaban J connectivity index is 2.36. The van der Waals surface area contributed by atoms with Gasteiger partial charge in [-0.25, -0.2) is 4.39 Å². The highest BCUT2D eigenvalue weighted by atomic mass is 79.9. The maximum Gasteiger partial charge on any atom is 0.258 e. The van der Waals surface area contributed by atoms with E-state index in [1.54, 1.807) is 17.0 Å². The Morgan fingerprint density at radius 1 is 1.50 bits per heavy atom. The lowest BCUT2D eigenvalue weighted by Crippen LogP contribution is -2.60. The zero-order valence-corrected chi connectivity index (χ0v) is 12.1. The minimum Gasteiger partial charge on any atom is -0.331 e. The second-order valence-electron chi connectivity index (χ2n) is 5.04. The summed E-state index contributed by atoms with van der Waals surface area (Å²) in [4.78, 5) is 14.2. The van der Waals surface area contributed by atoms with Crippen LogP contribution in [-0.2, 0) is 0 Å². The molecule has 18 heavy (non-hydrogen) atoms. The third kappa shape index (κ3) is 2.42. The van der Waals surface area contributed by atoms with Crippen molar-refractivity contribution in [3.8, 4) is 0 Å². The summed E-state index contributed by atoms with van der Waals surface area (Å²) in [5.41, 5.74) is -0.190. The minimum atomic E-state index is -0.483. The molecule has 0 atom stereocenters. The standard InChI is InChI=1S/C13H16BrFN2O/c1-13(2)8-16-6-7-17(13)12(18)11-9(14)4-3-5-10(11)15/h3-5,16H,6-8H2,1-2H3. The Labute approximate surface area is 114 Å². The molecule has 2 rings (SSSR count). The van der Waals surface area contributed by atoms with Gasteiger partial charge < -0.3 is 10.2 Å². The van der Waals surface area contributed by atoms with Crippen LogP contribution in [0.1, 0.15) is 24.2 Å². The summed E-state index contributed by atoms with van der Waals surface area (Å²) >= 11 is 3.25. The highest BCUT2D eigenvalue weighted by molar-refractivity contribution is 9.10. The van der Waals surface area contributed by atoms with E-state index in [9.17, 15) is 9.18 Å². The zero-order chi connectivity index (χ0) is 13.3. The number of nitrogens with zero attached hydrogens (tertiary/aromatic N) is 1. The Morgan fingerprint density at radius 3 is 2.83 bits per heavy atom. The maximum absolute atomic E-state index is 13.8. The number of halogens is 2. The van der Waals surface area contributed by atoms with Gasteiger partial charge in [-0.15, -0.1) is 0 Å². The number of hydrogen-bond donors (Lipinski definition) is 1. The van der Waals surface area contributed by atoms with Crippen LogP contribution in [0.15, 0.2) is 22.7 Å². The Kier molecular flexibility index (Phi) is 3.73. The van der Waals surface area contributed by atoms with E-state index in [1.807, 2.05) is 13.8 Å². The molecule has 0 saturated carbocycles. The summed E-state index contributed by atoms with van der Waals surface area (Å²) in [5, 5.41) is 3.24. The number of piperazine rings is 1. The van der Waals surface area contributed by atoms with Crippen LogP contribution in [0.4, 0.5) is 4.39 Å². The van der Waals surface area contributed by atoms with Crippen molar-refractivity contribution in [3.05, 3.63) is 34.1 Å². The molecule has 1 aromatic rings. The lowest BCUT2D eigenvalue weighted by molar-refractivity contribution is 0.0472. The van der Waals surface area contributed by atoms with Crippen LogP contribution in [0.25, 0.3) is 0 Å². The molecule has 0 spiro atoms. The van der Waals surface area contributed by atoms with Crippen molar-refractivity contribution in [1.29, 1.82) is 0 Å². The lowest BCUT2D eigenvalue weighted by Gasteiger charge is -2.43. The highest BCUT2D eigenvalue weighted by Gasteiger charge is 2.35. The molecule has 1 aliphatic rings. The Bertz CT molecular complexity index is 456. The van der Waals surface area contributed by atoms with Gasteiger partial charge in [-0.05, 0) is 41.9 Å². The van der Waals surface area contributed by atoms with E-state index in [-0.39, 0.29) is 17.0 Å². The van der Waals surface area contributed by atoms with Crippen molar-refractivity contribution >= 4 is 21.8 Å². The van der Waals surface area contributed by atoms with Gasteiger partial charge in [0.15, 0.2) is 0 Å². The largest absolute Gasteiger partial charge is 0.331 e. The third-order valence-electron chi connectivity index (χ3n) is 3.22. The van der Waals surface area contributed by atoms with Crippen molar-refractivity contribution in [2.75, 3.05) is 19.6 Å². The number of carbonyl (C=O) groups excluding carboxylic acids is 1. The SMILES string of the molecule is CC1(C)CNCCN1C(=O)c1c(F)cccc1Br. The molecule has 1 amide bonds. The van der Waals surface area contributed by atoms with E-state index in [0.29, 0.717) is 17.6 Å². The van der Waals surface area contributed by atoms with Gasteiger partial charge in [0.1, 0.15) is 5.82 Å². The first-order valence-electron chi connectivity index (χ1n) is 5.90. The van der Waals surface area contributed by atoms with E-state index in [0.717, 1.165) is 6.54 Å². The summed E-state index contributed by atoms with van der Waals surface area (Å²) in [5.74, 6) is -0.741. The maximum atomic E-state index is 13.8. The molecular formula is C13H16BrFN2O. The highest BCUT2D eigenvalue weighted by Crippen LogP contribution is 2.25. The van der Waals surface area contributed by atoms with Gasteiger partial charge in [0.25, 0.3) is 5.91 Å². The molecule has 0 aliphatic carbocycles. The average Bonchev–Trinajstić information content (AvgIpc) is 2.27. The van der Waals surface area contributed by atoms with E-state index in [4.69, 9.17) is 0 Å². The van der Waals surface area contributed by atoms with Crippen molar-refractivity contribution in [1.82, 2.24) is 10.2 Å². The van der Waals surface area contributed by atoms with E-state index in [1.165, 1.54) is 6.07 Å². The fourth-order valence-electron chi connectivity index (χ4n) is 2.20. The first kappa shape index (κ1) is 13.5. The predicted molar refractivity (Wildman–Crippen MR) is 72.1 cm³/mol. The number of benzene rings is 1. The molecule has 1 heterocycles. The molecule has 0 bridgehead atoms. The van der Waals surface area contributed by atoms with Gasteiger partial charge in [0, 0.05) is 24.1 Å². The molecule has 98 valence electrons. The normalized spacial score (nSPS) is 18.8. The summed E-state index contributed by atoms with van der Waals surface area (Å²) in [6, 6.07) is 4.58. The van der Waals surface area contributed by atoms with Crippen LogP contribution in [0.3, 0.4) is 0 Å². The average molecular weight is 315 g/mol. The van der Waals surface area contributed by atoms with Gasteiger partial charge >= 0.3 is 0 Å². The summed E-state index contributed by atoms with van der Waals surface area (Å²) < 4.78 is 14.3. The van der Waals surface area contributed by atoms with E-state index in [2.05, 4.69) is 21.2 Å². The summed E-state index contributed by atoms with van der Waals surface area (Å²) in [7, 11) is 0. The van der Waals surface area contributed by atoms with Crippen molar-refractivity contribution in [2.45, 2.75) is 19.4 Å². The van der Waals surface area contributed by atoms with Crippen LogP contribution in [-0.4, -0.2) is 36.0 Å². The van der Waals surface area contributed by atoms with Gasteiger partial charge in [-0.3, -0.25) is 4.79 Å². The Hall–Kier alpha value is -0.940. The van der Waals surface area contributed by atoms with Gasteiger partial charge in [0.2, 0.25) is 0 Å². The van der Waals surface area contributed by atoms with Crippen LogP contribution >= 0.6 is 15.9 Å². The Morgan fingerprint density at radius 2 is 2.22 bits per heavy atom. The topological polar surface area (TPSA) is 32.3 Å². The molecule has 0 radical (unpaired) electrons. The lowest BCUT2D eigenvalue weighted by atomic mass is 9.98. The molecule has 1 saturated heterocycles. The molecule has 1 aliphatic heterocycles. The van der Waals surface area contributed by atoms with Gasteiger partial charge in [-0.2, -0.15) is 0 Å². The zero-order valence-electron chi connectivity index (χ0n) is 10.5. The predicted octanol–water partition coefficient (Wildman–Crippen LogP) is 2.41. The quantitative estimate of drug-likeness (QED) is 0.863. The molecular weight excluding hydrogens is 299 g/mol. The monoisotopic (exact) mass is 314 g/mol. The summed E-state index contributed by atoms with van der Waals surface area (Å²) in [6.45, 7) is 6.00. The van der Waals surface area contributed by atoms with Crippen molar-refractivity contribution < 1.29 is 9.18 Å². The third-order valence-corrected chi connectivity index (χ3v) is 3.88. The number of rotatable bonds is 1. The fourth-order valence-corrected chi connectivity index (χ4v) is 2.71. The minimum absolute atomic E-state index is 0.118. The van der Waals surface area contributed by atoms with Crippen LogP contribution in [0.2, 0.25) is 0 Å². The number of nitrogens with one attached hydrogen (secondary N) is 1. The second kappa shape index (κ2) is 4.97. The van der Waals surface area contributed by atoms with Crippen LogP contribution in [0.5, 0.6) is 0 Å². The first-order valence-corrected chi connectivity index (χ1v) is 6.69. The second-order valence-corrected chi connectivity index (χ2v) is 5.90. The van der Waals surface area contributed by atoms with E-state index < -0.39 is 5.82 Å². The number of hydrogen-bond acceptors (Lipinski definition) is 2. The number of amides is 1. The molecule has 1 aromatic carbocycles. The molecule has 0 unspecified atom stereocenters. The molecule has 3 nitrogen and oxygen atoms in total. The van der Waals surface area contributed by atoms with Crippen LogP contribution < -0.4 is 5.32 Å².